The Hall–Kier alpha value is -6.79. The van der Waals surface area contributed by atoms with Crippen molar-refractivity contribution < 1.29 is 77.2 Å². The van der Waals surface area contributed by atoms with E-state index in [1.807, 2.05) is 0 Å². The highest BCUT2D eigenvalue weighted by Gasteiger charge is 2.56. The lowest BCUT2D eigenvalue weighted by molar-refractivity contribution is -0.352. The molecule has 63 heavy (non-hydrogen) atoms. The molecule has 0 aromatic heterocycles. The van der Waals surface area contributed by atoms with Crippen LogP contribution in [0.15, 0.2) is 152 Å². The number of rotatable bonds is 14. The smallest absolute Gasteiger partial charge is 0.338 e. The van der Waals surface area contributed by atoms with Gasteiger partial charge in [-0.25, -0.2) is 24.0 Å². The van der Waals surface area contributed by atoms with Gasteiger partial charge in [-0.3, -0.25) is 0 Å². The molecule has 2 fully saturated rings. The molecule has 2 heterocycles. The number of esters is 5. The van der Waals surface area contributed by atoms with Gasteiger partial charge in [0.15, 0.2) is 37.0 Å². The van der Waals surface area contributed by atoms with E-state index in [0.29, 0.717) is 0 Å². The SMILES string of the molecule is O=C(OC[C@H]1O[C@@H](O)[C@@H](OC(=O)c2ccccc2)[C@@H](OC(=O)c2ccccc2)[C@@H]1O[C@@H]1O[C@H](CO)[C@@H](O)[C@H](OC(=O)c2ccccc2)[C@@H]1OC(=O)c1ccccc1)c1ccccc1. The third-order valence-electron chi connectivity index (χ3n) is 10.1. The molecule has 2 saturated heterocycles. The minimum atomic E-state index is -2.04. The molecule has 0 unspecified atom stereocenters. The first-order valence-corrected chi connectivity index (χ1v) is 19.8. The van der Waals surface area contributed by atoms with Crippen LogP contribution >= 0.6 is 0 Å². The van der Waals surface area contributed by atoms with Gasteiger partial charge >= 0.3 is 29.8 Å². The van der Waals surface area contributed by atoms with Gasteiger partial charge in [-0.15, -0.1) is 0 Å². The zero-order valence-electron chi connectivity index (χ0n) is 33.3. The molecular formula is C47H42O16. The summed E-state index contributed by atoms with van der Waals surface area (Å²) >= 11 is 0. The van der Waals surface area contributed by atoms with Gasteiger partial charge in [0.1, 0.15) is 31.0 Å². The largest absolute Gasteiger partial charge is 0.459 e. The lowest BCUT2D eigenvalue weighted by Gasteiger charge is -2.47. The molecule has 7 rings (SSSR count). The Balaban J connectivity index is 1.30. The standard InChI is InChI=1S/C47H42O16/c48-26-33-35(49)37(59-42(51)29-18-8-2-9-19-29)40(62-45(54)32-24-14-5-15-25-32)47(58-33)63-36-34(27-56-41(50)28-16-6-1-7-17-28)57-46(55)39(61-44(53)31-22-12-4-13-23-31)38(36)60-43(52)30-20-10-3-11-21-30/h1-25,33-40,46-49,55H,26-27H2/t33-,34-,35-,36-,37+,38+,39+,40+,46-,47+/m1/s1. The number of ether oxygens (including phenoxy) is 8. The fourth-order valence-corrected chi connectivity index (χ4v) is 6.90. The van der Waals surface area contributed by atoms with E-state index in [1.165, 1.54) is 60.7 Å². The summed E-state index contributed by atoms with van der Waals surface area (Å²) in [6, 6.07) is 38.7. The Morgan fingerprint density at radius 3 is 1.21 bits per heavy atom. The normalized spacial score (nSPS) is 25.4. The van der Waals surface area contributed by atoms with Gasteiger partial charge in [0.05, 0.1) is 34.4 Å². The molecule has 5 aromatic rings. The molecule has 10 atom stereocenters. The van der Waals surface area contributed by atoms with Crippen LogP contribution in [-0.4, -0.2) is 120 Å². The number of hydrogen-bond donors (Lipinski definition) is 3. The molecule has 326 valence electrons. The fraction of sp³-hybridized carbons (Fsp3) is 0.255. The molecule has 2 aliphatic heterocycles. The first kappa shape index (κ1) is 44.3. The number of hydrogen-bond acceptors (Lipinski definition) is 16. The number of carbonyl (C=O) groups is 5. The molecule has 0 bridgehead atoms. The van der Waals surface area contributed by atoms with Crippen LogP contribution in [-0.2, 0) is 37.9 Å². The molecule has 16 heteroatoms. The summed E-state index contributed by atoms with van der Waals surface area (Å²) in [4.78, 5) is 68.0. The Kier molecular flexibility index (Phi) is 14.7. The van der Waals surface area contributed by atoms with E-state index < -0.39 is 104 Å². The van der Waals surface area contributed by atoms with Crippen molar-refractivity contribution in [1.82, 2.24) is 0 Å². The van der Waals surface area contributed by atoms with Gasteiger partial charge in [-0.05, 0) is 60.7 Å². The van der Waals surface area contributed by atoms with Crippen LogP contribution in [0, 0.1) is 0 Å². The second kappa shape index (κ2) is 20.9. The Morgan fingerprint density at radius 1 is 0.429 bits per heavy atom. The summed E-state index contributed by atoms with van der Waals surface area (Å²) in [6.45, 7) is -1.56. The van der Waals surface area contributed by atoms with Crippen molar-refractivity contribution in [1.29, 1.82) is 0 Å². The van der Waals surface area contributed by atoms with Crippen LogP contribution in [0.2, 0.25) is 0 Å². The molecule has 3 N–H and O–H groups in total. The lowest BCUT2D eigenvalue weighted by Crippen LogP contribution is -2.66. The second-order valence-electron chi connectivity index (χ2n) is 14.3. The number of aliphatic hydroxyl groups excluding tert-OH is 3. The summed E-state index contributed by atoms with van der Waals surface area (Å²) in [5.74, 6) is -4.67. The molecule has 0 aliphatic carbocycles. The quantitative estimate of drug-likeness (QED) is 0.106. The van der Waals surface area contributed by atoms with E-state index in [2.05, 4.69) is 0 Å². The van der Waals surface area contributed by atoms with Crippen molar-refractivity contribution in [3.63, 3.8) is 0 Å². The van der Waals surface area contributed by atoms with Crippen molar-refractivity contribution in [3.8, 4) is 0 Å². The predicted molar refractivity (Wildman–Crippen MR) is 217 cm³/mol. The van der Waals surface area contributed by atoms with E-state index in [-0.39, 0.29) is 27.8 Å². The molecule has 0 amide bonds. The summed E-state index contributed by atoms with van der Waals surface area (Å²) in [7, 11) is 0. The molecule has 0 radical (unpaired) electrons. The minimum Gasteiger partial charge on any atom is -0.459 e. The van der Waals surface area contributed by atoms with Gasteiger partial charge in [0.25, 0.3) is 0 Å². The lowest BCUT2D eigenvalue weighted by atomic mass is 9.96. The molecule has 5 aromatic carbocycles. The van der Waals surface area contributed by atoms with Crippen LogP contribution in [0.25, 0.3) is 0 Å². The van der Waals surface area contributed by atoms with Crippen LogP contribution in [0.1, 0.15) is 51.8 Å². The summed E-state index contributed by atoms with van der Waals surface area (Å²) < 4.78 is 47.6. The highest BCUT2D eigenvalue weighted by atomic mass is 16.8. The molecule has 0 saturated carbocycles. The summed E-state index contributed by atoms with van der Waals surface area (Å²) in [6.07, 6.45) is -18.0. The third kappa shape index (κ3) is 10.8. The third-order valence-corrected chi connectivity index (χ3v) is 10.1. The molecule has 2 aliphatic rings. The van der Waals surface area contributed by atoms with Crippen molar-refractivity contribution >= 4 is 29.8 Å². The zero-order chi connectivity index (χ0) is 44.3. The minimum absolute atomic E-state index is 0.0392. The van der Waals surface area contributed by atoms with E-state index >= 15 is 0 Å². The van der Waals surface area contributed by atoms with E-state index in [9.17, 15) is 39.3 Å². The van der Waals surface area contributed by atoms with Gasteiger partial charge in [-0.1, -0.05) is 91.0 Å². The molecular weight excluding hydrogens is 821 g/mol. The summed E-state index contributed by atoms with van der Waals surface area (Å²) in [5.41, 5.74) is 0.353. The van der Waals surface area contributed by atoms with E-state index in [0.717, 1.165) is 0 Å². The van der Waals surface area contributed by atoms with Crippen LogP contribution < -0.4 is 0 Å². The average molecular weight is 863 g/mol. The van der Waals surface area contributed by atoms with Crippen molar-refractivity contribution in [2.24, 2.45) is 0 Å². The van der Waals surface area contributed by atoms with E-state index in [4.69, 9.17) is 37.9 Å². The first-order valence-electron chi connectivity index (χ1n) is 19.8. The van der Waals surface area contributed by atoms with Gasteiger partial charge < -0.3 is 53.2 Å². The van der Waals surface area contributed by atoms with Gasteiger partial charge in [0, 0.05) is 0 Å². The van der Waals surface area contributed by atoms with Crippen molar-refractivity contribution in [2.75, 3.05) is 13.2 Å². The Morgan fingerprint density at radius 2 is 0.794 bits per heavy atom. The first-order chi connectivity index (χ1) is 30.6. The average Bonchev–Trinajstić information content (AvgIpc) is 3.33. The molecule has 16 nitrogen and oxygen atoms in total. The van der Waals surface area contributed by atoms with Crippen LogP contribution in [0.3, 0.4) is 0 Å². The number of carbonyl (C=O) groups excluding carboxylic acids is 5. The maximum Gasteiger partial charge on any atom is 0.338 e. The summed E-state index contributed by atoms with van der Waals surface area (Å²) in [5, 5.41) is 33.5. The highest BCUT2D eigenvalue weighted by Crippen LogP contribution is 2.35. The number of benzene rings is 5. The van der Waals surface area contributed by atoms with Crippen molar-refractivity contribution in [3.05, 3.63) is 179 Å². The Bertz CT molecular complexity index is 2300. The monoisotopic (exact) mass is 862 g/mol. The van der Waals surface area contributed by atoms with Gasteiger partial charge in [0.2, 0.25) is 0 Å². The van der Waals surface area contributed by atoms with Gasteiger partial charge in [-0.2, -0.15) is 0 Å². The van der Waals surface area contributed by atoms with Crippen molar-refractivity contribution in [2.45, 2.75) is 61.4 Å². The topological polar surface area (TPSA) is 220 Å². The van der Waals surface area contributed by atoms with Crippen LogP contribution in [0.5, 0.6) is 0 Å². The van der Waals surface area contributed by atoms with Crippen LogP contribution in [0.4, 0.5) is 0 Å². The predicted octanol–water partition coefficient (Wildman–Crippen LogP) is 3.93. The second-order valence-corrected chi connectivity index (χ2v) is 14.3. The zero-order valence-corrected chi connectivity index (χ0v) is 33.3. The highest BCUT2D eigenvalue weighted by molar-refractivity contribution is 5.92. The fourth-order valence-electron chi connectivity index (χ4n) is 6.90. The Labute approximate surface area is 360 Å². The maximum absolute atomic E-state index is 13.9. The van der Waals surface area contributed by atoms with E-state index in [1.54, 1.807) is 91.0 Å². The molecule has 0 spiro atoms. The maximum atomic E-state index is 13.9. The number of aliphatic hydroxyl groups is 3.